The summed E-state index contributed by atoms with van der Waals surface area (Å²) in [4.78, 5) is 29.7. The van der Waals surface area contributed by atoms with E-state index in [-0.39, 0.29) is 29.6 Å². The van der Waals surface area contributed by atoms with Crippen LogP contribution in [0.4, 0.5) is 8.78 Å². The number of pyridine rings is 1. The van der Waals surface area contributed by atoms with Crippen LogP contribution in [0.1, 0.15) is 6.42 Å². The van der Waals surface area contributed by atoms with E-state index in [0.29, 0.717) is 35.0 Å². The highest BCUT2D eigenvalue weighted by molar-refractivity contribution is 6.30. The first kappa shape index (κ1) is 17.7. The summed E-state index contributed by atoms with van der Waals surface area (Å²) < 4.78 is 28.4. The highest BCUT2D eigenvalue weighted by Gasteiger charge is 2.26. The third-order valence-electron chi connectivity index (χ3n) is 4.83. The lowest BCUT2D eigenvalue weighted by Gasteiger charge is -2.16. The number of benzene rings is 1. The lowest BCUT2D eigenvalue weighted by atomic mass is 10.1. The predicted molar refractivity (Wildman–Crippen MR) is 99.1 cm³/mol. The number of halogens is 3. The summed E-state index contributed by atoms with van der Waals surface area (Å²) in [5.41, 5.74) is 1.24. The van der Waals surface area contributed by atoms with Gasteiger partial charge in [-0.25, -0.2) is 8.78 Å². The summed E-state index contributed by atoms with van der Waals surface area (Å²) >= 11 is 5.73. The molecule has 3 heterocycles. The molecule has 0 bridgehead atoms. The van der Waals surface area contributed by atoms with Gasteiger partial charge in [-0.2, -0.15) is 0 Å². The summed E-state index contributed by atoms with van der Waals surface area (Å²) in [6, 6.07) is 6.00. The summed E-state index contributed by atoms with van der Waals surface area (Å²) in [5.74, 6) is -0.879. The Bertz CT molecular complexity index is 1090. The van der Waals surface area contributed by atoms with Crippen molar-refractivity contribution in [1.82, 2.24) is 14.5 Å². The number of aromatic amines is 1. The zero-order chi connectivity index (χ0) is 19.1. The van der Waals surface area contributed by atoms with Crippen molar-refractivity contribution in [2.24, 2.45) is 0 Å². The lowest BCUT2D eigenvalue weighted by molar-refractivity contribution is -0.131. The molecule has 1 aliphatic rings. The van der Waals surface area contributed by atoms with E-state index in [2.05, 4.69) is 4.98 Å². The normalized spacial score (nSPS) is 17.0. The van der Waals surface area contributed by atoms with Crippen LogP contribution in [-0.4, -0.2) is 39.6 Å². The number of fused-ring (bicyclic) bond motifs is 1. The smallest absolute Gasteiger partial charge is 0.261 e. The first-order chi connectivity index (χ1) is 12.9. The molecule has 1 unspecified atom stereocenters. The number of nitrogens with zero attached hydrogens (tertiary/aromatic N) is 2. The van der Waals surface area contributed by atoms with E-state index in [1.165, 1.54) is 27.8 Å². The highest BCUT2D eigenvalue weighted by atomic mass is 35.5. The van der Waals surface area contributed by atoms with E-state index in [9.17, 15) is 18.4 Å². The minimum Gasteiger partial charge on any atom is -0.360 e. The maximum Gasteiger partial charge on any atom is 0.261 e. The quantitative estimate of drug-likeness (QED) is 0.744. The fourth-order valence-electron chi connectivity index (χ4n) is 3.38. The van der Waals surface area contributed by atoms with Gasteiger partial charge in [0.15, 0.2) is 0 Å². The van der Waals surface area contributed by atoms with Crippen LogP contribution in [0, 0.1) is 5.82 Å². The number of likely N-dealkylation sites (tertiary alicyclic amines) is 1. The van der Waals surface area contributed by atoms with Crippen LogP contribution >= 0.6 is 11.6 Å². The number of hydrogen-bond donors (Lipinski definition) is 1. The third-order valence-corrected chi connectivity index (χ3v) is 5.13. The molecule has 1 N–H and O–H groups in total. The number of rotatable bonds is 3. The monoisotopic (exact) mass is 391 g/mol. The average molecular weight is 392 g/mol. The maximum absolute atomic E-state index is 13.8. The number of carbonyl (C=O) groups is 1. The van der Waals surface area contributed by atoms with Crippen molar-refractivity contribution in [3.8, 4) is 11.1 Å². The van der Waals surface area contributed by atoms with Crippen LogP contribution in [0.15, 0.2) is 41.5 Å². The van der Waals surface area contributed by atoms with Gasteiger partial charge >= 0.3 is 0 Å². The van der Waals surface area contributed by atoms with Gasteiger partial charge in [-0.15, -0.1) is 0 Å². The lowest BCUT2D eigenvalue weighted by Crippen LogP contribution is -2.35. The van der Waals surface area contributed by atoms with Gasteiger partial charge in [-0.05, 0) is 30.2 Å². The molecule has 27 heavy (non-hydrogen) atoms. The molecule has 0 aliphatic carbocycles. The third kappa shape index (κ3) is 3.23. The summed E-state index contributed by atoms with van der Waals surface area (Å²) in [6.07, 6.45) is 2.46. The molecule has 0 spiro atoms. The molecule has 1 aromatic carbocycles. The predicted octanol–water partition coefficient (Wildman–Crippen LogP) is 3.36. The largest absolute Gasteiger partial charge is 0.360 e. The first-order valence-corrected chi connectivity index (χ1v) is 8.89. The maximum atomic E-state index is 13.8. The zero-order valence-corrected chi connectivity index (χ0v) is 15.0. The van der Waals surface area contributed by atoms with E-state index >= 15 is 0 Å². The summed E-state index contributed by atoms with van der Waals surface area (Å²) in [7, 11) is 0. The van der Waals surface area contributed by atoms with Crippen LogP contribution in [0.5, 0.6) is 0 Å². The van der Waals surface area contributed by atoms with Crippen LogP contribution in [0.3, 0.4) is 0 Å². The summed E-state index contributed by atoms with van der Waals surface area (Å²) in [5, 5.41) is 0.357. The second-order valence-electron chi connectivity index (χ2n) is 6.59. The number of aromatic nitrogens is 2. The van der Waals surface area contributed by atoms with Crippen molar-refractivity contribution in [2.75, 3.05) is 13.1 Å². The molecular formula is C19H16ClF2N3O2. The van der Waals surface area contributed by atoms with Crippen molar-refractivity contribution < 1.29 is 13.6 Å². The molecule has 2 aromatic heterocycles. The van der Waals surface area contributed by atoms with Crippen molar-refractivity contribution >= 4 is 28.4 Å². The van der Waals surface area contributed by atoms with Crippen LogP contribution in [0.25, 0.3) is 22.0 Å². The van der Waals surface area contributed by atoms with Gasteiger partial charge in [0, 0.05) is 24.5 Å². The molecule has 3 aromatic rings. The fourth-order valence-corrected chi connectivity index (χ4v) is 3.50. The molecule has 1 fully saturated rings. The molecule has 5 nitrogen and oxygen atoms in total. The van der Waals surface area contributed by atoms with Gasteiger partial charge < -0.3 is 14.5 Å². The van der Waals surface area contributed by atoms with Gasteiger partial charge in [0.2, 0.25) is 5.91 Å². The molecule has 8 heteroatoms. The Kier molecular flexibility index (Phi) is 4.47. The van der Waals surface area contributed by atoms with Crippen molar-refractivity contribution in [3.05, 3.63) is 57.9 Å². The van der Waals surface area contributed by atoms with Crippen LogP contribution < -0.4 is 5.56 Å². The molecule has 1 aliphatic heterocycles. The second-order valence-corrected chi connectivity index (χ2v) is 7.00. The first-order valence-electron chi connectivity index (χ1n) is 8.52. The molecular weight excluding hydrogens is 376 g/mol. The fraction of sp³-hybridized carbons (Fsp3) is 0.263. The average Bonchev–Trinajstić information content (AvgIpc) is 3.26. The van der Waals surface area contributed by atoms with E-state index in [1.54, 1.807) is 18.3 Å². The number of hydrogen-bond acceptors (Lipinski definition) is 2. The molecule has 4 rings (SSSR count). The van der Waals surface area contributed by atoms with Crippen molar-refractivity contribution in [3.63, 3.8) is 0 Å². The topological polar surface area (TPSA) is 58.1 Å². The second kappa shape index (κ2) is 6.81. The SMILES string of the molecule is O=C(Cn1ccc2[nH]cc(-c3ccc(Cl)c(F)c3)c2c1=O)N1CCC(F)C1. The Morgan fingerprint density at radius 2 is 2.15 bits per heavy atom. The van der Waals surface area contributed by atoms with Gasteiger partial charge in [0.25, 0.3) is 5.56 Å². The number of carbonyl (C=O) groups excluding carboxylic acids is 1. The minimum atomic E-state index is -1.01. The molecule has 1 saturated heterocycles. The Hall–Kier alpha value is -2.67. The van der Waals surface area contributed by atoms with Gasteiger partial charge in [0.05, 0.1) is 22.5 Å². The molecule has 1 atom stereocenters. The summed E-state index contributed by atoms with van der Waals surface area (Å²) in [6.45, 7) is 0.257. The number of alkyl halides is 1. The Labute approximate surface area is 158 Å². The molecule has 0 radical (unpaired) electrons. The van der Waals surface area contributed by atoms with E-state index in [0.717, 1.165) is 0 Å². The van der Waals surface area contributed by atoms with Crippen LogP contribution in [0.2, 0.25) is 5.02 Å². The van der Waals surface area contributed by atoms with Gasteiger partial charge in [-0.1, -0.05) is 17.7 Å². The Morgan fingerprint density at radius 1 is 1.33 bits per heavy atom. The van der Waals surface area contributed by atoms with Gasteiger partial charge in [-0.3, -0.25) is 9.59 Å². The molecule has 140 valence electrons. The minimum absolute atomic E-state index is 0.00150. The molecule has 1 amide bonds. The number of nitrogens with one attached hydrogen (secondary N) is 1. The van der Waals surface area contributed by atoms with Crippen LogP contribution in [-0.2, 0) is 11.3 Å². The van der Waals surface area contributed by atoms with Crippen molar-refractivity contribution in [2.45, 2.75) is 19.1 Å². The van der Waals surface area contributed by atoms with Gasteiger partial charge in [0.1, 0.15) is 18.5 Å². The standard InChI is InChI=1S/C19H16ClF2N3O2/c20-14-2-1-11(7-15(14)22)13-8-23-16-4-6-25(19(27)18(13)16)10-17(26)24-5-3-12(21)9-24/h1-2,4,6-8,12,23H,3,5,9-10H2. The number of H-pyrrole nitrogens is 1. The van der Waals surface area contributed by atoms with E-state index < -0.39 is 12.0 Å². The number of amides is 1. The Balaban J connectivity index is 1.72. The zero-order valence-electron chi connectivity index (χ0n) is 14.2. The molecule has 0 saturated carbocycles. The highest BCUT2D eigenvalue weighted by Crippen LogP contribution is 2.28. The van der Waals surface area contributed by atoms with E-state index in [1.807, 2.05) is 0 Å². The van der Waals surface area contributed by atoms with Crippen molar-refractivity contribution in [1.29, 1.82) is 0 Å². The Morgan fingerprint density at radius 3 is 2.85 bits per heavy atom. The van der Waals surface area contributed by atoms with E-state index in [4.69, 9.17) is 11.6 Å².